The lowest BCUT2D eigenvalue weighted by molar-refractivity contribution is 0.0696. The minimum Gasteiger partial charge on any atom is -0.478 e. The van der Waals surface area contributed by atoms with E-state index in [1.165, 1.54) is 0 Å². The number of halogens is 1. The topological polar surface area (TPSA) is 88.2 Å². The summed E-state index contributed by atoms with van der Waals surface area (Å²) in [6.07, 6.45) is 1.01. The van der Waals surface area contributed by atoms with E-state index in [2.05, 4.69) is 4.98 Å². The van der Waals surface area contributed by atoms with Gasteiger partial charge in [0.1, 0.15) is 0 Å². The second-order valence-corrected chi connectivity index (χ2v) is 2.00. The SMILES string of the molecule is NNc1ncc(C(=O)O)cc1F. The normalized spacial score (nSPS) is 9.50. The average Bonchev–Trinajstić information content (AvgIpc) is 2.04. The van der Waals surface area contributed by atoms with Crippen LogP contribution < -0.4 is 11.3 Å². The number of rotatable bonds is 2. The summed E-state index contributed by atoms with van der Waals surface area (Å²) in [4.78, 5) is 13.7. The summed E-state index contributed by atoms with van der Waals surface area (Å²) in [6, 6.07) is 0.838. The first-order chi connectivity index (χ1) is 5.65. The van der Waals surface area contributed by atoms with Gasteiger partial charge in [0, 0.05) is 6.20 Å². The van der Waals surface area contributed by atoms with Gasteiger partial charge in [0.15, 0.2) is 11.6 Å². The molecule has 4 N–H and O–H groups in total. The van der Waals surface area contributed by atoms with Crippen LogP contribution in [-0.2, 0) is 0 Å². The van der Waals surface area contributed by atoms with E-state index in [1.54, 1.807) is 0 Å². The monoisotopic (exact) mass is 171 g/mol. The van der Waals surface area contributed by atoms with Crippen molar-refractivity contribution in [3.8, 4) is 0 Å². The van der Waals surface area contributed by atoms with Gasteiger partial charge in [-0.05, 0) is 6.07 Å². The number of pyridine rings is 1. The van der Waals surface area contributed by atoms with Crippen molar-refractivity contribution in [2.24, 2.45) is 5.84 Å². The number of carbonyl (C=O) groups is 1. The van der Waals surface area contributed by atoms with Crippen LogP contribution in [0.15, 0.2) is 12.3 Å². The maximum Gasteiger partial charge on any atom is 0.337 e. The summed E-state index contributed by atoms with van der Waals surface area (Å²) in [7, 11) is 0. The molecule has 0 atom stereocenters. The van der Waals surface area contributed by atoms with Gasteiger partial charge in [0.25, 0.3) is 0 Å². The van der Waals surface area contributed by atoms with Crippen LogP contribution in [0, 0.1) is 5.82 Å². The zero-order valence-corrected chi connectivity index (χ0v) is 5.91. The van der Waals surface area contributed by atoms with E-state index in [0.29, 0.717) is 0 Å². The number of hydrazine groups is 1. The summed E-state index contributed by atoms with van der Waals surface area (Å²) in [5, 5.41) is 8.41. The van der Waals surface area contributed by atoms with Crippen LogP contribution in [-0.4, -0.2) is 16.1 Å². The molecule has 1 rings (SSSR count). The van der Waals surface area contributed by atoms with Gasteiger partial charge in [-0.2, -0.15) is 0 Å². The van der Waals surface area contributed by atoms with Crippen molar-refractivity contribution in [1.29, 1.82) is 0 Å². The van der Waals surface area contributed by atoms with Crippen molar-refractivity contribution < 1.29 is 14.3 Å². The van der Waals surface area contributed by atoms with Crippen molar-refractivity contribution in [2.45, 2.75) is 0 Å². The summed E-state index contributed by atoms with van der Waals surface area (Å²) in [5.41, 5.74) is 1.77. The highest BCUT2D eigenvalue weighted by Crippen LogP contribution is 2.10. The van der Waals surface area contributed by atoms with Crippen LogP contribution >= 0.6 is 0 Å². The molecule has 0 aliphatic carbocycles. The Labute approximate surface area is 67.0 Å². The number of aromatic nitrogens is 1. The molecule has 1 aromatic rings. The Kier molecular flexibility index (Phi) is 2.20. The second kappa shape index (κ2) is 3.14. The number of hydrogen-bond donors (Lipinski definition) is 3. The second-order valence-electron chi connectivity index (χ2n) is 2.00. The van der Waals surface area contributed by atoms with E-state index in [1.807, 2.05) is 5.43 Å². The minimum atomic E-state index is -1.23. The van der Waals surface area contributed by atoms with E-state index in [0.717, 1.165) is 12.3 Å². The number of nitrogen functional groups attached to an aromatic ring is 1. The van der Waals surface area contributed by atoms with Crippen molar-refractivity contribution in [3.05, 3.63) is 23.6 Å². The molecule has 0 amide bonds. The lowest BCUT2D eigenvalue weighted by atomic mass is 10.3. The molecule has 0 radical (unpaired) electrons. The Balaban J connectivity index is 3.10. The summed E-state index contributed by atoms with van der Waals surface area (Å²) in [5.74, 6) is 2.67. The Morgan fingerprint density at radius 3 is 2.83 bits per heavy atom. The molecule has 12 heavy (non-hydrogen) atoms. The first-order valence-corrected chi connectivity index (χ1v) is 3.00. The van der Waals surface area contributed by atoms with Crippen molar-refractivity contribution >= 4 is 11.8 Å². The molecule has 0 aliphatic rings. The standard InChI is InChI=1S/C6H6FN3O2/c7-4-1-3(6(11)12)2-9-5(4)10-8/h1-2H,8H2,(H,9,10)(H,11,12). The molecule has 1 aromatic heterocycles. The van der Waals surface area contributed by atoms with Gasteiger partial charge in [0.2, 0.25) is 0 Å². The molecule has 0 bridgehead atoms. The highest BCUT2D eigenvalue weighted by atomic mass is 19.1. The van der Waals surface area contributed by atoms with Crippen LogP contribution in [0.25, 0.3) is 0 Å². The number of carboxylic acids is 1. The van der Waals surface area contributed by atoms with Crippen molar-refractivity contribution in [3.63, 3.8) is 0 Å². The smallest absolute Gasteiger partial charge is 0.337 e. The third-order valence-corrected chi connectivity index (χ3v) is 1.22. The number of aromatic carboxylic acids is 1. The number of hydrogen-bond acceptors (Lipinski definition) is 4. The lowest BCUT2D eigenvalue weighted by Crippen LogP contribution is -2.11. The molecule has 0 aromatic carbocycles. The molecule has 0 saturated carbocycles. The fraction of sp³-hybridized carbons (Fsp3) is 0. The van der Waals surface area contributed by atoms with E-state index in [4.69, 9.17) is 10.9 Å². The van der Waals surface area contributed by atoms with Gasteiger partial charge in [0.05, 0.1) is 5.56 Å². The fourth-order valence-electron chi connectivity index (χ4n) is 0.661. The van der Waals surface area contributed by atoms with Gasteiger partial charge < -0.3 is 10.5 Å². The van der Waals surface area contributed by atoms with E-state index < -0.39 is 11.8 Å². The number of anilines is 1. The zero-order valence-electron chi connectivity index (χ0n) is 5.91. The molecule has 0 saturated heterocycles. The first-order valence-electron chi connectivity index (χ1n) is 3.00. The average molecular weight is 171 g/mol. The third-order valence-electron chi connectivity index (χ3n) is 1.22. The maximum atomic E-state index is 12.7. The molecule has 1 heterocycles. The molecule has 64 valence electrons. The Morgan fingerprint density at radius 1 is 1.75 bits per heavy atom. The van der Waals surface area contributed by atoms with Crippen LogP contribution in [0.1, 0.15) is 10.4 Å². The predicted octanol–water partition coefficient (Wildman–Crippen LogP) is 0.204. The largest absolute Gasteiger partial charge is 0.478 e. The molecule has 0 spiro atoms. The highest BCUT2D eigenvalue weighted by Gasteiger charge is 2.07. The van der Waals surface area contributed by atoms with E-state index in [9.17, 15) is 9.18 Å². The van der Waals surface area contributed by atoms with Gasteiger partial charge in [-0.25, -0.2) is 20.0 Å². The Bertz CT molecular complexity index is 316. The van der Waals surface area contributed by atoms with E-state index >= 15 is 0 Å². The number of carboxylic acid groups (broad SMARTS) is 1. The van der Waals surface area contributed by atoms with Gasteiger partial charge in [-0.15, -0.1) is 0 Å². The van der Waals surface area contributed by atoms with E-state index in [-0.39, 0.29) is 11.4 Å². The highest BCUT2D eigenvalue weighted by molar-refractivity contribution is 5.87. The lowest BCUT2D eigenvalue weighted by Gasteiger charge is -2.00. The zero-order chi connectivity index (χ0) is 9.14. The summed E-state index contributed by atoms with van der Waals surface area (Å²) < 4.78 is 12.7. The molecular weight excluding hydrogens is 165 g/mol. The first kappa shape index (κ1) is 8.41. The van der Waals surface area contributed by atoms with Gasteiger partial charge in [-0.1, -0.05) is 0 Å². The van der Waals surface area contributed by atoms with Crippen molar-refractivity contribution in [2.75, 3.05) is 5.43 Å². The quantitative estimate of drug-likeness (QED) is 0.437. The molecule has 5 nitrogen and oxygen atoms in total. The maximum absolute atomic E-state index is 12.7. The minimum absolute atomic E-state index is 0.181. The number of nitrogens with one attached hydrogen (secondary N) is 1. The third kappa shape index (κ3) is 1.48. The molecule has 0 fully saturated rings. The Hall–Kier alpha value is -1.69. The molecule has 6 heteroatoms. The van der Waals surface area contributed by atoms with Crippen LogP contribution in [0.4, 0.5) is 10.2 Å². The molecule has 0 unspecified atom stereocenters. The fourth-order valence-corrected chi connectivity index (χ4v) is 0.661. The molecular formula is C6H6FN3O2. The Morgan fingerprint density at radius 2 is 2.42 bits per heavy atom. The number of nitrogens with zero attached hydrogens (tertiary/aromatic N) is 1. The van der Waals surface area contributed by atoms with Crippen LogP contribution in [0.5, 0.6) is 0 Å². The van der Waals surface area contributed by atoms with Crippen LogP contribution in [0.2, 0.25) is 0 Å². The number of nitrogens with two attached hydrogens (primary N) is 1. The summed E-state index contributed by atoms with van der Waals surface area (Å²) in [6.45, 7) is 0. The predicted molar refractivity (Wildman–Crippen MR) is 39.0 cm³/mol. The van der Waals surface area contributed by atoms with Gasteiger partial charge in [-0.3, -0.25) is 0 Å². The van der Waals surface area contributed by atoms with Crippen LogP contribution in [0.3, 0.4) is 0 Å². The molecule has 0 aliphatic heterocycles. The van der Waals surface area contributed by atoms with Gasteiger partial charge >= 0.3 is 5.97 Å². The van der Waals surface area contributed by atoms with Crippen molar-refractivity contribution in [1.82, 2.24) is 4.98 Å². The summed E-state index contributed by atoms with van der Waals surface area (Å²) >= 11 is 0.